The van der Waals surface area contributed by atoms with Gasteiger partial charge >= 0.3 is 12.1 Å². The SMILES string of the molecule is Cc1cccc2c1OC(C(F)(F)F)C(C(=O)OCl)=C2. The Kier molecular flexibility index (Phi) is 3.45. The van der Waals surface area contributed by atoms with Crippen LogP contribution in [0, 0.1) is 6.92 Å². The molecule has 0 amide bonds. The topological polar surface area (TPSA) is 35.5 Å². The summed E-state index contributed by atoms with van der Waals surface area (Å²) in [6.45, 7) is 1.62. The van der Waals surface area contributed by atoms with Crippen LogP contribution in [-0.4, -0.2) is 18.2 Å². The number of carbonyl (C=O) groups is 1. The number of alkyl halides is 3. The minimum atomic E-state index is -4.74. The molecule has 0 aliphatic carbocycles. The summed E-state index contributed by atoms with van der Waals surface area (Å²) in [7, 11) is 0. The minimum absolute atomic E-state index is 0.0935. The van der Waals surface area contributed by atoms with Crippen molar-refractivity contribution < 1.29 is 27.0 Å². The standard InChI is InChI=1S/C12H8ClF3O3/c1-6-3-2-4-7-5-8(11(17)19-13)10(12(14,15)16)18-9(6)7/h2-5,10H,1H3. The lowest BCUT2D eigenvalue weighted by molar-refractivity contribution is -0.186. The molecule has 102 valence electrons. The highest BCUT2D eigenvalue weighted by atomic mass is 35.5. The van der Waals surface area contributed by atoms with Crippen molar-refractivity contribution in [2.75, 3.05) is 0 Å². The van der Waals surface area contributed by atoms with Gasteiger partial charge in [-0.05, 0) is 18.6 Å². The molecular formula is C12H8ClF3O3. The summed E-state index contributed by atoms with van der Waals surface area (Å²) >= 11 is 4.85. The van der Waals surface area contributed by atoms with Gasteiger partial charge in [-0.15, -0.1) is 0 Å². The Morgan fingerprint density at radius 3 is 2.68 bits per heavy atom. The molecule has 0 saturated heterocycles. The first kappa shape index (κ1) is 13.7. The highest BCUT2D eigenvalue weighted by Crippen LogP contribution is 2.39. The van der Waals surface area contributed by atoms with Crippen LogP contribution in [0.3, 0.4) is 0 Å². The van der Waals surface area contributed by atoms with E-state index in [4.69, 9.17) is 16.6 Å². The van der Waals surface area contributed by atoms with Crippen LogP contribution in [0.4, 0.5) is 13.2 Å². The second kappa shape index (κ2) is 4.77. The van der Waals surface area contributed by atoms with Gasteiger partial charge in [-0.1, -0.05) is 18.2 Å². The molecule has 0 radical (unpaired) electrons. The molecule has 0 N–H and O–H groups in total. The van der Waals surface area contributed by atoms with Crippen molar-refractivity contribution in [3.05, 3.63) is 34.9 Å². The number of para-hydroxylation sites is 1. The Morgan fingerprint density at radius 1 is 1.42 bits per heavy atom. The maximum atomic E-state index is 12.9. The number of ether oxygens (including phenoxy) is 1. The molecule has 0 aromatic heterocycles. The number of hydrogen-bond donors (Lipinski definition) is 0. The Labute approximate surface area is 111 Å². The summed E-state index contributed by atoms with van der Waals surface area (Å²) in [5.41, 5.74) is 0.236. The molecule has 1 atom stereocenters. The molecule has 7 heteroatoms. The molecule has 0 saturated carbocycles. The predicted octanol–water partition coefficient (Wildman–Crippen LogP) is 3.40. The number of benzene rings is 1. The predicted molar refractivity (Wildman–Crippen MR) is 61.6 cm³/mol. The Balaban J connectivity index is 2.56. The number of hydrogen-bond acceptors (Lipinski definition) is 3. The van der Waals surface area contributed by atoms with Crippen LogP contribution in [0.5, 0.6) is 5.75 Å². The molecule has 1 aromatic rings. The van der Waals surface area contributed by atoms with Crippen molar-refractivity contribution in [3.8, 4) is 5.75 Å². The van der Waals surface area contributed by atoms with Gasteiger partial charge in [0, 0.05) is 5.56 Å². The molecule has 19 heavy (non-hydrogen) atoms. The van der Waals surface area contributed by atoms with Gasteiger partial charge in [-0.25, -0.2) is 4.79 Å². The van der Waals surface area contributed by atoms with Gasteiger partial charge in [0.05, 0.1) is 5.57 Å². The van der Waals surface area contributed by atoms with E-state index in [2.05, 4.69) is 4.29 Å². The molecule has 0 bridgehead atoms. The van der Waals surface area contributed by atoms with Gasteiger partial charge in [0.25, 0.3) is 0 Å². The monoisotopic (exact) mass is 292 g/mol. The van der Waals surface area contributed by atoms with Crippen LogP contribution in [0.1, 0.15) is 11.1 Å². The molecule has 1 unspecified atom stereocenters. The molecule has 0 spiro atoms. The quantitative estimate of drug-likeness (QED) is 0.796. The van der Waals surface area contributed by atoms with Gasteiger partial charge in [0.2, 0.25) is 6.10 Å². The van der Waals surface area contributed by atoms with Gasteiger partial charge in [-0.2, -0.15) is 13.2 Å². The average molecular weight is 293 g/mol. The number of aryl methyl sites for hydroxylation is 1. The first-order chi connectivity index (χ1) is 8.84. The second-order valence-corrected chi connectivity index (χ2v) is 4.15. The number of halogens is 4. The van der Waals surface area contributed by atoms with E-state index in [1.165, 1.54) is 6.07 Å². The van der Waals surface area contributed by atoms with E-state index in [1.807, 2.05) is 0 Å². The summed E-state index contributed by atoms with van der Waals surface area (Å²) < 4.78 is 47.4. The summed E-state index contributed by atoms with van der Waals surface area (Å²) in [4.78, 5) is 11.3. The fraction of sp³-hybridized carbons (Fsp3) is 0.250. The van der Waals surface area contributed by atoms with Crippen LogP contribution in [0.25, 0.3) is 6.08 Å². The van der Waals surface area contributed by atoms with Crippen molar-refractivity contribution >= 4 is 23.9 Å². The molecule has 1 aliphatic heterocycles. The van der Waals surface area contributed by atoms with Crippen molar-refractivity contribution in [3.63, 3.8) is 0 Å². The zero-order chi connectivity index (χ0) is 14.2. The van der Waals surface area contributed by atoms with Crippen molar-refractivity contribution in [1.29, 1.82) is 0 Å². The highest BCUT2D eigenvalue weighted by Gasteiger charge is 2.49. The fourth-order valence-corrected chi connectivity index (χ4v) is 1.92. The Hall–Kier alpha value is -1.69. The van der Waals surface area contributed by atoms with Crippen LogP contribution in [-0.2, 0) is 9.08 Å². The second-order valence-electron chi connectivity index (χ2n) is 4.00. The molecule has 2 rings (SSSR count). The van der Waals surface area contributed by atoms with E-state index >= 15 is 0 Å². The molecule has 1 aromatic carbocycles. The molecule has 1 aliphatic rings. The van der Waals surface area contributed by atoms with E-state index in [-0.39, 0.29) is 5.75 Å². The fourth-order valence-electron chi connectivity index (χ4n) is 1.83. The summed E-state index contributed by atoms with van der Waals surface area (Å²) in [5.74, 6) is -1.19. The lowest BCUT2D eigenvalue weighted by Gasteiger charge is -2.28. The van der Waals surface area contributed by atoms with Crippen LogP contribution >= 0.6 is 11.9 Å². The van der Waals surface area contributed by atoms with Crippen LogP contribution < -0.4 is 4.74 Å². The van der Waals surface area contributed by atoms with E-state index in [1.54, 1.807) is 19.1 Å². The van der Waals surface area contributed by atoms with Crippen molar-refractivity contribution in [2.24, 2.45) is 0 Å². The van der Waals surface area contributed by atoms with Gasteiger partial charge < -0.3 is 9.03 Å². The lowest BCUT2D eigenvalue weighted by Crippen LogP contribution is -2.40. The van der Waals surface area contributed by atoms with E-state index < -0.39 is 23.8 Å². The average Bonchev–Trinajstić information content (AvgIpc) is 2.36. The zero-order valence-electron chi connectivity index (χ0n) is 9.62. The minimum Gasteiger partial charge on any atom is -0.475 e. The molecule has 1 heterocycles. The first-order valence-corrected chi connectivity index (χ1v) is 5.53. The van der Waals surface area contributed by atoms with E-state index in [0.29, 0.717) is 11.1 Å². The summed E-state index contributed by atoms with van der Waals surface area (Å²) in [6.07, 6.45) is -6.04. The lowest BCUT2D eigenvalue weighted by atomic mass is 9.99. The Morgan fingerprint density at radius 2 is 2.11 bits per heavy atom. The van der Waals surface area contributed by atoms with Gasteiger partial charge in [0.15, 0.2) is 0 Å². The summed E-state index contributed by atoms with van der Waals surface area (Å²) in [5, 5.41) is 0. The van der Waals surface area contributed by atoms with Crippen LogP contribution in [0.2, 0.25) is 0 Å². The number of rotatable bonds is 1. The third-order valence-corrected chi connectivity index (χ3v) is 2.81. The van der Waals surface area contributed by atoms with Crippen molar-refractivity contribution in [2.45, 2.75) is 19.2 Å². The molecule has 0 fully saturated rings. The zero-order valence-corrected chi connectivity index (χ0v) is 10.4. The normalized spacial score (nSPS) is 18.2. The number of carbonyl (C=O) groups excluding carboxylic acids is 1. The maximum absolute atomic E-state index is 12.9. The van der Waals surface area contributed by atoms with Crippen LogP contribution in [0.15, 0.2) is 23.8 Å². The highest BCUT2D eigenvalue weighted by molar-refractivity contribution is 6.16. The maximum Gasteiger partial charge on any atom is 0.430 e. The third kappa shape index (κ3) is 2.53. The van der Waals surface area contributed by atoms with Crippen molar-refractivity contribution in [1.82, 2.24) is 0 Å². The first-order valence-electron chi connectivity index (χ1n) is 5.22. The molecular weight excluding hydrogens is 285 g/mol. The largest absolute Gasteiger partial charge is 0.475 e. The third-order valence-electron chi connectivity index (χ3n) is 2.67. The van der Waals surface area contributed by atoms with Gasteiger partial charge in [0.1, 0.15) is 17.6 Å². The number of fused-ring (bicyclic) bond motifs is 1. The summed E-state index contributed by atoms with van der Waals surface area (Å²) in [6, 6.07) is 4.80. The molecule has 3 nitrogen and oxygen atoms in total. The Bertz CT molecular complexity index is 552. The van der Waals surface area contributed by atoms with E-state index in [9.17, 15) is 18.0 Å². The van der Waals surface area contributed by atoms with E-state index in [0.717, 1.165) is 6.08 Å². The smallest absolute Gasteiger partial charge is 0.430 e. The van der Waals surface area contributed by atoms with Gasteiger partial charge in [-0.3, -0.25) is 0 Å².